The highest BCUT2D eigenvalue weighted by molar-refractivity contribution is 7.80. The molecule has 0 bridgehead atoms. The van der Waals surface area contributed by atoms with Gasteiger partial charge in [0.25, 0.3) is 0 Å². The Hall–Kier alpha value is -2.55. The van der Waals surface area contributed by atoms with Crippen molar-refractivity contribution in [2.45, 2.75) is 6.61 Å². The average molecular weight is 365 g/mol. The van der Waals surface area contributed by atoms with E-state index < -0.39 is 6.61 Å². The second-order valence-corrected chi connectivity index (χ2v) is 5.74. The van der Waals surface area contributed by atoms with Crippen molar-refractivity contribution in [1.82, 2.24) is 14.9 Å². The summed E-state index contributed by atoms with van der Waals surface area (Å²) in [5.74, 6) is 0.832. The van der Waals surface area contributed by atoms with E-state index in [0.717, 1.165) is 37.8 Å². The van der Waals surface area contributed by atoms with Gasteiger partial charge in [-0.25, -0.2) is 9.97 Å². The minimum Gasteiger partial charge on any atom is -0.435 e. The van der Waals surface area contributed by atoms with Crippen molar-refractivity contribution in [2.75, 3.05) is 36.4 Å². The highest BCUT2D eigenvalue weighted by Crippen LogP contribution is 2.18. The lowest BCUT2D eigenvalue weighted by Gasteiger charge is -2.36. The molecular weight excluding hydrogens is 348 g/mol. The number of thiocarbonyl (C=S) groups is 1. The Kier molecular flexibility index (Phi) is 5.54. The minimum absolute atomic E-state index is 0.114. The summed E-state index contributed by atoms with van der Waals surface area (Å²) in [6.07, 6.45) is 3.45. The van der Waals surface area contributed by atoms with Gasteiger partial charge in [0.05, 0.1) is 0 Å². The standard InChI is InChI=1S/C16H17F2N5OS/c17-14(18)24-13-4-2-12(3-5-13)21-16(25)23-10-8-22(9-11-23)15-19-6-1-7-20-15/h1-7,14H,8-11H2,(H,21,25). The van der Waals surface area contributed by atoms with Gasteiger partial charge in [0.15, 0.2) is 5.11 Å². The second kappa shape index (κ2) is 8.02. The zero-order chi connectivity index (χ0) is 17.6. The molecule has 1 aromatic carbocycles. The number of benzene rings is 1. The van der Waals surface area contributed by atoms with E-state index in [4.69, 9.17) is 12.2 Å². The van der Waals surface area contributed by atoms with Crippen molar-refractivity contribution in [3.05, 3.63) is 42.7 Å². The molecule has 0 spiro atoms. The van der Waals surface area contributed by atoms with Crippen LogP contribution < -0.4 is 15.0 Å². The molecule has 1 saturated heterocycles. The van der Waals surface area contributed by atoms with E-state index in [1.807, 2.05) is 0 Å². The van der Waals surface area contributed by atoms with Gasteiger partial charge in [0, 0.05) is 44.3 Å². The number of ether oxygens (including phenoxy) is 1. The van der Waals surface area contributed by atoms with Gasteiger partial charge in [-0.15, -0.1) is 0 Å². The van der Waals surface area contributed by atoms with E-state index in [9.17, 15) is 8.78 Å². The summed E-state index contributed by atoms with van der Waals surface area (Å²) in [5, 5.41) is 3.70. The second-order valence-electron chi connectivity index (χ2n) is 5.36. The van der Waals surface area contributed by atoms with Crippen molar-refractivity contribution in [2.24, 2.45) is 0 Å². The van der Waals surface area contributed by atoms with Crippen molar-refractivity contribution in [1.29, 1.82) is 0 Å². The maximum Gasteiger partial charge on any atom is 0.387 e. The first-order chi connectivity index (χ1) is 12.1. The number of piperazine rings is 1. The van der Waals surface area contributed by atoms with Gasteiger partial charge in [-0.2, -0.15) is 8.78 Å². The van der Waals surface area contributed by atoms with E-state index in [0.29, 0.717) is 5.11 Å². The first-order valence-corrected chi connectivity index (χ1v) is 8.15. The fourth-order valence-electron chi connectivity index (χ4n) is 2.49. The van der Waals surface area contributed by atoms with Crippen LogP contribution in [0.5, 0.6) is 5.75 Å². The smallest absolute Gasteiger partial charge is 0.387 e. The van der Waals surface area contributed by atoms with Gasteiger partial charge in [-0.05, 0) is 42.5 Å². The molecule has 1 fully saturated rings. The first kappa shape index (κ1) is 17.3. The quantitative estimate of drug-likeness (QED) is 0.836. The predicted octanol–water partition coefficient (Wildman–Crippen LogP) is 2.60. The number of nitrogens with one attached hydrogen (secondary N) is 1. The van der Waals surface area contributed by atoms with Crippen LogP contribution >= 0.6 is 12.2 Å². The zero-order valence-electron chi connectivity index (χ0n) is 13.3. The lowest BCUT2D eigenvalue weighted by Crippen LogP contribution is -2.50. The molecule has 0 saturated carbocycles. The molecule has 0 amide bonds. The molecule has 1 aliphatic heterocycles. The van der Waals surface area contributed by atoms with Crippen LogP contribution in [0.4, 0.5) is 20.4 Å². The number of halogens is 2. The van der Waals surface area contributed by atoms with Gasteiger partial charge in [-0.3, -0.25) is 0 Å². The lowest BCUT2D eigenvalue weighted by molar-refractivity contribution is -0.0498. The summed E-state index contributed by atoms with van der Waals surface area (Å²) in [6.45, 7) is 0.206. The Labute approximate surface area is 149 Å². The van der Waals surface area contributed by atoms with Gasteiger partial charge in [0.2, 0.25) is 5.95 Å². The number of anilines is 2. The normalized spacial score (nSPS) is 14.5. The molecule has 6 nitrogen and oxygen atoms in total. The molecule has 9 heteroatoms. The molecule has 0 unspecified atom stereocenters. The van der Waals surface area contributed by atoms with Crippen LogP contribution in [0.15, 0.2) is 42.7 Å². The SMILES string of the molecule is FC(F)Oc1ccc(NC(=S)N2CCN(c3ncccn3)CC2)cc1. The largest absolute Gasteiger partial charge is 0.435 e. The molecule has 1 aromatic heterocycles. The van der Waals surface area contributed by atoms with Crippen LogP contribution in [0.25, 0.3) is 0 Å². The van der Waals surface area contributed by atoms with Crippen LogP contribution in [0.1, 0.15) is 0 Å². The third-order valence-corrected chi connectivity index (χ3v) is 4.09. The Morgan fingerprint density at radius 2 is 1.72 bits per heavy atom. The number of aromatic nitrogens is 2. The van der Waals surface area contributed by atoms with Crippen molar-refractivity contribution >= 4 is 29.0 Å². The van der Waals surface area contributed by atoms with Crippen LogP contribution in [0.3, 0.4) is 0 Å². The Bertz CT molecular complexity index is 693. The van der Waals surface area contributed by atoms with Gasteiger partial charge < -0.3 is 19.9 Å². The summed E-state index contributed by atoms with van der Waals surface area (Å²) in [6, 6.07) is 8.04. The Balaban J connectivity index is 1.51. The molecule has 1 aliphatic rings. The summed E-state index contributed by atoms with van der Waals surface area (Å²) in [5.41, 5.74) is 0.723. The molecule has 2 aromatic rings. The monoisotopic (exact) mass is 365 g/mol. The predicted molar refractivity (Wildman–Crippen MR) is 95.1 cm³/mol. The van der Waals surface area contributed by atoms with E-state index in [1.54, 1.807) is 30.6 Å². The van der Waals surface area contributed by atoms with Gasteiger partial charge in [0.1, 0.15) is 5.75 Å². The van der Waals surface area contributed by atoms with Crippen molar-refractivity contribution in [3.8, 4) is 5.75 Å². The summed E-state index contributed by atoms with van der Waals surface area (Å²) < 4.78 is 28.6. The summed E-state index contributed by atoms with van der Waals surface area (Å²) in [4.78, 5) is 12.7. The highest BCUT2D eigenvalue weighted by atomic mass is 32.1. The number of hydrogen-bond donors (Lipinski definition) is 1. The molecule has 132 valence electrons. The fraction of sp³-hybridized carbons (Fsp3) is 0.312. The van der Waals surface area contributed by atoms with Crippen molar-refractivity contribution < 1.29 is 13.5 Å². The van der Waals surface area contributed by atoms with Gasteiger partial charge >= 0.3 is 6.61 Å². The zero-order valence-corrected chi connectivity index (χ0v) is 14.1. The maximum absolute atomic E-state index is 12.2. The molecule has 25 heavy (non-hydrogen) atoms. The molecule has 2 heterocycles. The van der Waals surface area contributed by atoms with Gasteiger partial charge in [-0.1, -0.05) is 0 Å². The molecule has 0 atom stereocenters. The highest BCUT2D eigenvalue weighted by Gasteiger charge is 2.20. The van der Waals surface area contributed by atoms with Crippen LogP contribution in [-0.2, 0) is 0 Å². The van der Waals surface area contributed by atoms with Crippen LogP contribution in [0.2, 0.25) is 0 Å². The molecular formula is C16H17F2N5OS. The van der Waals surface area contributed by atoms with E-state index in [2.05, 4.69) is 29.8 Å². The average Bonchev–Trinajstić information content (AvgIpc) is 2.64. The number of hydrogen-bond acceptors (Lipinski definition) is 5. The van der Waals surface area contributed by atoms with Crippen LogP contribution in [0, 0.1) is 0 Å². The van der Waals surface area contributed by atoms with Crippen LogP contribution in [-0.4, -0.2) is 52.8 Å². The number of alkyl halides is 2. The summed E-state index contributed by atoms with van der Waals surface area (Å²) in [7, 11) is 0. The summed E-state index contributed by atoms with van der Waals surface area (Å²) >= 11 is 5.43. The molecule has 3 rings (SSSR count). The maximum atomic E-state index is 12.2. The number of rotatable bonds is 4. The molecule has 1 N–H and O–H groups in total. The first-order valence-electron chi connectivity index (χ1n) is 7.74. The molecule has 0 aliphatic carbocycles. The lowest BCUT2D eigenvalue weighted by atomic mass is 10.3. The molecule has 0 radical (unpaired) electrons. The minimum atomic E-state index is -2.83. The Morgan fingerprint density at radius 3 is 2.32 bits per heavy atom. The Morgan fingerprint density at radius 1 is 1.08 bits per heavy atom. The van der Waals surface area contributed by atoms with E-state index in [-0.39, 0.29) is 5.75 Å². The number of nitrogens with zero attached hydrogens (tertiary/aromatic N) is 4. The van der Waals surface area contributed by atoms with E-state index >= 15 is 0 Å². The third kappa shape index (κ3) is 4.72. The fourth-order valence-corrected chi connectivity index (χ4v) is 2.79. The third-order valence-electron chi connectivity index (χ3n) is 3.73. The van der Waals surface area contributed by atoms with E-state index in [1.165, 1.54) is 12.1 Å². The van der Waals surface area contributed by atoms with Crippen molar-refractivity contribution in [3.63, 3.8) is 0 Å². The topological polar surface area (TPSA) is 53.5 Å².